The van der Waals surface area contributed by atoms with E-state index in [-0.39, 0.29) is 11.7 Å². The lowest BCUT2D eigenvalue weighted by molar-refractivity contribution is -0.113. The van der Waals surface area contributed by atoms with E-state index in [1.54, 1.807) is 18.9 Å². The van der Waals surface area contributed by atoms with Crippen LogP contribution in [0.3, 0.4) is 0 Å². The van der Waals surface area contributed by atoms with Gasteiger partial charge in [0.1, 0.15) is 5.75 Å². The maximum Gasteiger partial charge on any atom is 0.234 e. The number of anilines is 2. The molecule has 2 aromatic carbocycles. The average Bonchev–Trinajstić information content (AvgIpc) is 3.29. The number of rotatable bonds is 10. The zero-order valence-electron chi connectivity index (χ0n) is 19.6. The summed E-state index contributed by atoms with van der Waals surface area (Å²) in [6.45, 7) is 0.560. The number of carbonyl (C=O) groups excluding carboxylic acids is 1. The van der Waals surface area contributed by atoms with Gasteiger partial charge < -0.3 is 19.9 Å². The Kier molecular flexibility index (Phi) is 8.76. The van der Waals surface area contributed by atoms with Gasteiger partial charge in [-0.1, -0.05) is 43.2 Å². The Labute approximate surface area is 209 Å². The zero-order chi connectivity index (χ0) is 23.8. The van der Waals surface area contributed by atoms with Gasteiger partial charge >= 0.3 is 0 Å². The topological polar surface area (TPSA) is 81.1 Å². The number of thioether (sulfide) groups is 2. The molecule has 0 spiro atoms. The number of nitrogens with one attached hydrogen (secondary N) is 2. The van der Waals surface area contributed by atoms with Crippen molar-refractivity contribution >= 4 is 40.8 Å². The molecule has 0 radical (unpaired) electrons. The SMILES string of the molecule is COc1cccc(NCc2nnc(SCC(=O)Nc3cccc(SC)c3)n2C2CCCCC2)c1. The summed E-state index contributed by atoms with van der Waals surface area (Å²) in [6.07, 6.45) is 7.95. The molecule has 1 aliphatic carbocycles. The maximum absolute atomic E-state index is 12.6. The predicted molar refractivity (Wildman–Crippen MR) is 140 cm³/mol. The van der Waals surface area contributed by atoms with E-state index in [2.05, 4.69) is 25.4 Å². The molecular formula is C25H31N5O2S2. The van der Waals surface area contributed by atoms with E-state index in [4.69, 9.17) is 4.74 Å². The number of ether oxygens (including phenoxy) is 1. The summed E-state index contributed by atoms with van der Waals surface area (Å²) in [6, 6.07) is 16.1. The molecule has 1 fully saturated rings. The van der Waals surface area contributed by atoms with Crippen molar-refractivity contribution in [3.63, 3.8) is 0 Å². The highest BCUT2D eigenvalue weighted by atomic mass is 32.2. The van der Waals surface area contributed by atoms with Crippen LogP contribution in [0.2, 0.25) is 0 Å². The molecule has 1 amide bonds. The van der Waals surface area contributed by atoms with E-state index in [0.29, 0.717) is 12.6 Å². The van der Waals surface area contributed by atoms with E-state index in [1.165, 1.54) is 31.0 Å². The van der Waals surface area contributed by atoms with E-state index >= 15 is 0 Å². The Morgan fingerprint density at radius 2 is 1.88 bits per heavy atom. The van der Waals surface area contributed by atoms with Gasteiger partial charge in [0.2, 0.25) is 5.91 Å². The molecule has 180 valence electrons. The van der Waals surface area contributed by atoms with Crippen molar-refractivity contribution in [1.82, 2.24) is 14.8 Å². The molecule has 0 atom stereocenters. The molecule has 1 aromatic heterocycles. The first-order valence-corrected chi connectivity index (χ1v) is 13.8. The van der Waals surface area contributed by atoms with Gasteiger partial charge in [0.25, 0.3) is 0 Å². The first-order valence-electron chi connectivity index (χ1n) is 11.5. The van der Waals surface area contributed by atoms with Crippen molar-refractivity contribution in [3.05, 3.63) is 54.4 Å². The molecule has 3 aromatic rings. The normalized spacial score (nSPS) is 14.1. The Balaban J connectivity index is 1.44. The second-order valence-corrected chi connectivity index (χ2v) is 10.0. The molecule has 1 aliphatic rings. The van der Waals surface area contributed by atoms with Crippen molar-refractivity contribution in [2.24, 2.45) is 0 Å². The molecule has 0 bridgehead atoms. The van der Waals surface area contributed by atoms with Gasteiger partial charge in [0.05, 0.1) is 19.4 Å². The number of methoxy groups -OCH3 is 1. The first-order chi connectivity index (χ1) is 16.7. The van der Waals surface area contributed by atoms with Crippen molar-refractivity contribution < 1.29 is 9.53 Å². The van der Waals surface area contributed by atoms with Crippen LogP contribution in [0.5, 0.6) is 5.75 Å². The molecule has 2 N–H and O–H groups in total. The molecule has 7 nitrogen and oxygen atoms in total. The van der Waals surface area contributed by atoms with Crippen LogP contribution in [0.4, 0.5) is 11.4 Å². The molecule has 1 heterocycles. The molecule has 0 saturated heterocycles. The minimum absolute atomic E-state index is 0.0440. The van der Waals surface area contributed by atoms with Crippen LogP contribution >= 0.6 is 23.5 Å². The first kappa shape index (κ1) is 24.5. The molecule has 34 heavy (non-hydrogen) atoms. The maximum atomic E-state index is 12.6. The third-order valence-corrected chi connectivity index (χ3v) is 7.55. The fraction of sp³-hybridized carbons (Fsp3) is 0.400. The minimum atomic E-state index is -0.0440. The molecule has 1 saturated carbocycles. The van der Waals surface area contributed by atoms with Gasteiger partial charge in [0, 0.05) is 28.4 Å². The van der Waals surface area contributed by atoms with E-state index in [0.717, 1.165) is 45.8 Å². The smallest absolute Gasteiger partial charge is 0.234 e. The number of carbonyl (C=O) groups is 1. The highest BCUT2D eigenvalue weighted by molar-refractivity contribution is 7.99. The number of hydrogen-bond donors (Lipinski definition) is 2. The van der Waals surface area contributed by atoms with E-state index in [9.17, 15) is 4.79 Å². The molecule has 0 aliphatic heterocycles. The standard InChI is InChI=1S/C25H31N5O2S2/c1-32-21-12-6-8-18(14-21)26-16-23-28-29-25(30(23)20-10-4-3-5-11-20)34-17-24(31)27-19-9-7-13-22(15-19)33-2/h6-9,12-15,20,26H,3-5,10-11,16-17H2,1-2H3,(H,27,31). The molecular weight excluding hydrogens is 466 g/mol. The van der Waals surface area contributed by atoms with Crippen LogP contribution < -0.4 is 15.4 Å². The van der Waals surface area contributed by atoms with E-state index < -0.39 is 0 Å². The van der Waals surface area contributed by atoms with Gasteiger partial charge in [-0.3, -0.25) is 4.79 Å². The number of nitrogens with zero attached hydrogens (tertiary/aromatic N) is 3. The lowest BCUT2D eigenvalue weighted by Gasteiger charge is -2.25. The summed E-state index contributed by atoms with van der Waals surface area (Å²) in [5, 5.41) is 16.2. The zero-order valence-corrected chi connectivity index (χ0v) is 21.3. The van der Waals surface area contributed by atoms with Crippen molar-refractivity contribution in [3.8, 4) is 5.75 Å². The van der Waals surface area contributed by atoms with Crippen molar-refractivity contribution in [2.45, 2.75) is 54.7 Å². The van der Waals surface area contributed by atoms with Gasteiger partial charge in [0.15, 0.2) is 11.0 Å². The van der Waals surface area contributed by atoms with Crippen molar-refractivity contribution in [2.75, 3.05) is 29.8 Å². The molecule has 4 rings (SSSR count). The summed E-state index contributed by atoms with van der Waals surface area (Å²) in [7, 11) is 1.66. The predicted octanol–water partition coefficient (Wildman–Crippen LogP) is 5.86. The van der Waals surface area contributed by atoms with Crippen LogP contribution in [0.1, 0.15) is 44.0 Å². The fourth-order valence-electron chi connectivity index (χ4n) is 4.17. The molecule has 9 heteroatoms. The van der Waals surface area contributed by atoms with Crippen LogP contribution in [-0.4, -0.2) is 39.8 Å². The van der Waals surface area contributed by atoms with Crippen molar-refractivity contribution in [1.29, 1.82) is 0 Å². The Hall–Kier alpha value is -2.65. The number of amides is 1. The second-order valence-electron chi connectivity index (χ2n) is 8.21. The largest absolute Gasteiger partial charge is 0.497 e. The van der Waals surface area contributed by atoms with E-state index in [1.807, 2.05) is 54.8 Å². The highest BCUT2D eigenvalue weighted by Crippen LogP contribution is 2.33. The quantitative estimate of drug-likeness (QED) is 0.340. The van der Waals surface area contributed by atoms with Gasteiger partial charge in [-0.15, -0.1) is 22.0 Å². The number of benzene rings is 2. The average molecular weight is 498 g/mol. The van der Waals surface area contributed by atoms with Gasteiger partial charge in [-0.2, -0.15) is 0 Å². The van der Waals surface area contributed by atoms with Gasteiger partial charge in [-0.25, -0.2) is 0 Å². The highest BCUT2D eigenvalue weighted by Gasteiger charge is 2.23. The summed E-state index contributed by atoms with van der Waals surface area (Å²) in [5.41, 5.74) is 1.79. The second kappa shape index (κ2) is 12.2. The third-order valence-electron chi connectivity index (χ3n) is 5.88. The van der Waals surface area contributed by atoms with Crippen LogP contribution in [0, 0.1) is 0 Å². The Bertz CT molecular complexity index is 1100. The Morgan fingerprint density at radius 3 is 2.68 bits per heavy atom. The van der Waals surface area contributed by atoms with Gasteiger partial charge in [-0.05, 0) is 49.4 Å². The lowest BCUT2D eigenvalue weighted by atomic mass is 9.95. The summed E-state index contributed by atoms with van der Waals surface area (Å²) in [5.74, 6) is 1.95. The fourth-order valence-corrected chi connectivity index (χ4v) is 5.46. The van der Waals surface area contributed by atoms with Crippen LogP contribution in [0.15, 0.2) is 58.6 Å². The summed E-state index contributed by atoms with van der Waals surface area (Å²) < 4.78 is 7.57. The molecule has 0 unspecified atom stereocenters. The lowest BCUT2D eigenvalue weighted by Crippen LogP contribution is -2.19. The minimum Gasteiger partial charge on any atom is -0.497 e. The van der Waals surface area contributed by atoms with Crippen LogP contribution in [0.25, 0.3) is 0 Å². The number of hydrogen-bond acceptors (Lipinski definition) is 7. The third kappa shape index (κ3) is 6.48. The number of aromatic nitrogens is 3. The monoisotopic (exact) mass is 497 g/mol. The Morgan fingerprint density at radius 1 is 1.09 bits per heavy atom. The van der Waals surface area contributed by atoms with Crippen LogP contribution in [-0.2, 0) is 11.3 Å². The summed E-state index contributed by atoms with van der Waals surface area (Å²) in [4.78, 5) is 13.8. The summed E-state index contributed by atoms with van der Waals surface area (Å²) >= 11 is 3.11.